The zero-order valence-corrected chi connectivity index (χ0v) is 12.4. The van der Waals surface area contributed by atoms with E-state index < -0.39 is 10.0 Å². The van der Waals surface area contributed by atoms with E-state index in [1.807, 2.05) is 0 Å². The number of sulfonamides is 1. The van der Waals surface area contributed by atoms with E-state index in [2.05, 4.69) is 15.3 Å². The van der Waals surface area contributed by atoms with Gasteiger partial charge in [-0.15, -0.1) is 0 Å². The molecule has 0 radical (unpaired) electrons. The molecule has 0 aromatic carbocycles. The van der Waals surface area contributed by atoms with Crippen LogP contribution in [0.5, 0.6) is 0 Å². The fourth-order valence-electron chi connectivity index (χ4n) is 2.26. The van der Waals surface area contributed by atoms with Gasteiger partial charge < -0.3 is 10.3 Å². The SMILES string of the molecule is CN(CCN1CCCC1)S(=O)(=O)c1ncccc1NN. The lowest BCUT2D eigenvalue weighted by Crippen LogP contribution is -2.36. The lowest BCUT2D eigenvalue weighted by Gasteiger charge is -2.21. The van der Waals surface area contributed by atoms with Gasteiger partial charge in [-0.3, -0.25) is 5.84 Å². The number of rotatable bonds is 6. The van der Waals surface area contributed by atoms with Gasteiger partial charge in [0.1, 0.15) is 0 Å². The first-order valence-corrected chi connectivity index (χ1v) is 8.10. The Balaban J connectivity index is 2.08. The lowest BCUT2D eigenvalue weighted by atomic mass is 10.4. The van der Waals surface area contributed by atoms with Crippen molar-refractivity contribution in [1.29, 1.82) is 0 Å². The number of likely N-dealkylation sites (N-methyl/N-ethyl adjacent to an activating group) is 1. The smallest absolute Gasteiger partial charge is 0.262 e. The fraction of sp³-hybridized carbons (Fsp3) is 0.583. The number of pyridine rings is 1. The van der Waals surface area contributed by atoms with Gasteiger partial charge in [0.2, 0.25) is 0 Å². The van der Waals surface area contributed by atoms with Crippen LogP contribution in [-0.4, -0.2) is 55.8 Å². The molecular weight excluding hydrogens is 278 g/mol. The minimum absolute atomic E-state index is 0.0357. The molecule has 0 atom stereocenters. The summed E-state index contributed by atoms with van der Waals surface area (Å²) in [6, 6.07) is 3.23. The van der Waals surface area contributed by atoms with Crippen molar-refractivity contribution in [3.05, 3.63) is 18.3 Å². The lowest BCUT2D eigenvalue weighted by molar-refractivity contribution is 0.309. The summed E-state index contributed by atoms with van der Waals surface area (Å²) in [5.41, 5.74) is 2.68. The largest absolute Gasteiger partial charge is 0.321 e. The van der Waals surface area contributed by atoms with Crippen LogP contribution in [0.25, 0.3) is 0 Å². The fourth-order valence-corrected chi connectivity index (χ4v) is 3.48. The number of nitrogens with two attached hydrogens (primary N) is 1. The maximum absolute atomic E-state index is 12.5. The van der Waals surface area contributed by atoms with E-state index in [0.29, 0.717) is 12.2 Å². The second kappa shape index (κ2) is 6.49. The van der Waals surface area contributed by atoms with Gasteiger partial charge in [-0.25, -0.2) is 13.4 Å². The number of nitrogens with one attached hydrogen (secondary N) is 1. The third kappa shape index (κ3) is 3.26. The highest BCUT2D eigenvalue weighted by Gasteiger charge is 2.25. The van der Waals surface area contributed by atoms with Crippen LogP contribution in [0.3, 0.4) is 0 Å². The van der Waals surface area contributed by atoms with Crippen molar-refractivity contribution < 1.29 is 8.42 Å². The second-order valence-corrected chi connectivity index (χ2v) is 6.84. The van der Waals surface area contributed by atoms with E-state index in [-0.39, 0.29) is 5.03 Å². The molecule has 0 amide bonds. The van der Waals surface area contributed by atoms with Crippen LogP contribution in [-0.2, 0) is 10.0 Å². The molecule has 3 N–H and O–H groups in total. The number of hydrogen-bond donors (Lipinski definition) is 2. The number of nitrogens with zero attached hydrogens (tertiary/aromatic N) is 3. The Hall–Kier alpha value is -1.22. The summed E-state index contributed by atoms with van der Waals surface area (Å²) >= 11 is 0. The molecule has 1 aromatic rings. The molecule has 0 spiro atoms. The summed E-state index contributed by atoms with van der Waals surface area (Å²) in [7, 11) is -2.05. The van der Waals surface area contributed by atoms with Crippen molar-refractivity contribution in [3.8, 4) is 0 Å². The van der Waals surface area contributed by atoms with Crippen LogP contribution in [0.15, 0.2) is 23.4 Å². The molecular formula is C12H21N5O2S. The van der Waals surface area contributed by atoms with Crippen LogP contribution < -0.4 is 11.3 Å². The Kier molecular flexibility index (Phi) is 4.92. The first-order valence-electron chi connectivity index (χ1n) is 6.66. The molecule has 1 saturated heterocycles. The molecule has 1 aliphatic rings. The summed E-state index contributed by atoms with van der Waals surface area (Å²) in [6.07, 6.45) is 3.83. The predicted octanol–water partition coefficient (Wildman–Crippen LogP) is 0.0835. The summed E-state index contributed by atoms with van der Waals surface area (Å²) in [5.74, 6) is 5.34. The highest BCUT2D eigenvalue weighted by Crippen LogP contribution is 2.20. The molecule has 0 bridgehead atoms. The van der Waals surface area contributed by atoms with Crippen LogP contribution in [0.4, 0.5) is 5.69 Å². The maximum atomic E-state index is 12.5. The number of nitrogen functional groups attached to an aromatic ring is 1. The Labute approximate surface area is 119 Å². The van der Waals surface area contributed by atoms with E-state index in [0.717, 1.165) is 19.6 Å². The Morgan fingerprint density at radius 2 is 2.15 bits per heavy atom. The number of hydrazine groups is 1. The second-order valence-electron chi connectivity index (χ2n) is 4.88. The zero-order valence-electron chi connectivity index (χ0n) is 11.6. The van der Waals surface area contributed by atoms with Crippen molar-refractivity contribution in [1.82, 2.24) is 14.2 Å². The summed E-state index contributed by atoms with van der Waals surface area (Å²) in [5, 5.41) is -0.0357. The predicted molar refractivity (Wildman–Crippen MR) is 77.5 cm³/mol. The topological polar surface area (TPSA) is 91.6 Å². The molecule has 112 valence electrons. The first-order chi connectivity index (χ1) is 9.55. The molecule has 20 heavy (non-hydrogen) atoms. The maximum Gasteiger partial charge on any atom is 0.262 e. The van der Waals surface area contributed by atoms with E-state index in [1.165, 1.54) is 23.3 Å². The van der Waals surface area contributed by atoms with Gasteiger partial charge in [0, 0.05) is 26.3 Å². The standard InChI is InChI=1S/C12H21N5O2S/c1-16(9-10-17-7-2-3-8-17)20(18,19)12-11(15-13)5-4-6-14-12/h4-6,15H,2-3,7-10,13H2,1H3. The molecule has 0 unspecified atom stereocenters. The molecule has 7 nitrogen and oxygen atoms in total. The first kappa shape index (κ1) is 15.2. The molecule has 2 rings (SSSR count). The molecule has 1 aromatic heterocycles. The molecule has 8 heteroatoms. The number of anilines is 1. The van der Waals surface area contributed by atoms with Gasteiger partial charge >= 0.3 is 0 Å². The molecule has 1 fully saturated rings. The summed E-state index contributed by atoms with van der Waals surface area (Å²) < 4.78 is 26.3. The molecule has 1 aliphatic heterocycles. The van der Waals surface area contributed by atoms with Crippen molar-refractivity contribution in [2.75, 3.05) is 38.7 Å². The number of likely N-dealkylation sites (tertiary alicyclic amines) is 1. The summed E-state index contributed by atoms with van der Waals surface area (Å²) in [6.45, 7) is 3.29. The van der Waals surface area contributed by atoms with Crippen molar-refractivity contribution in [2.45, 2.75) is 17.9 Å². The van der Waals surface area contributed by atoms with Gasteiger partial charge in [-0.1, -0.05) is 0 Å². The molecule has 2 heterocycles. The third-order valence-electron chi connectivity index (χ3n) is 3.51. The third-order valence-corrected chi connectivity index (χ3v) is 5.33. The quantitative estimate of drug-likeness (QED) is 0.571. The number of hydrogen-bond acceptors (Lipinski definition) is 6. The van der Waals surface area contributed by atoms with Crippen LogP contribution in [0.1, 0.15) is 12.8 Å². The van der Waals surface area contributed by atoms with Crippen LogP contribution in [0.2, 0.25) is 0 Å². The Morgan fingerprint density at radius 3 is 2.80 bits per heavy atom. The van der Waals surface area contributed by atoms with Crippen molar-refractivity contribution >= 4 is 15.7 Å². The average molecular weight is 299 g/mol. The van der Waals surface area contributed by atoms with E-state index >= 15 is 0 Å². The Morgan fingerprint density at radius 1 is 1.45 bits per heavy atom. The van der Waals surface area contributed by atoms with Crippen LogP contribution in [0, 0.1) is 0 Å². The highest BCUT2D eigenvalue weighted by molar-refractivity contribution is 7.89. The average Bonchev–Trinajstić information content (AvgIpc) is 2.97. The summed E-state index contributed by atoms with van der Waals surface area (Å²) in [4.78, 5) is 6.21. The van der Waals surface area contributed by atoms with Crippen molar-refractivity contribution in [2.24, 2.45) is 5.84 Å². The van der Waals surface area contributed by atoms with E-state index in [1.54, 1.807) is 19.2 Å². The van der Waals surface area contributed by atoms with Crippen molar-refractivity contribution in [3.63, 3.8) is 0 Å². The molecule has 0 aliphatic carbocycles. The van der Waals surface area contributed by atoms with Gasteiger partial charge in [0.25, 0.3) is 10.0 Å². The van der Waals surface area contributed by atoms with E-state index in [4.69, 9.17) is 5.84 Å². The van der Waals surface area contributed by atoms with Gasteiger partial charge in [0.15, 0.2) is 5.03 Å². The Bertz CT molecular complexity index is 543. The minimum Gasteiger partial charge on any atom is -0.321 e. The van der Waals surface area contributed by atoms with Gasteiger partial charge in [-0.05, 0) is 38.1 Å². The normalized spacial score (nSPS) is 16.8. The van der Waals surface area contributed by atoms with Gasteiger partial charge in [-0.2, -0.15) is 4.31 Å². The monoisotopic (exact) mass is 299 g/mol. The molecule has 0 saturated carbocycles. The number of aromatic nitrogens is 1. The van der Waals surface area contributed by atoms with Gasteiger partial charge in [0.05, 0.1) is 5.69 Å². The van der Waals surface area contributed by atoms with Crippen LogP contribution >= 0.6 is 0 Å². The zero-order chi connectivity index (χ0) is 14.6. The van der Waals surface area contributed by atoms with E-state index in [9.17, 15) is 8.42 Å². The highest BCUT2D eigenvalue weighted by atomic mass is 32.2. The minimum atomic E-state index is -3.62.